The van der Waals surface area contributed by atoms with Gasteiger partial charge in [-0.2, -0.15) is 0 Å². The van der Waals surface area contributed by atoms with E-state index in [-0.39, 0.29) is 5.25 Å². The van der Waals surface area contributed by atoms with E-state index in [0.717, 1.165) is 38.1 Å². The van der Waals surface area contributed by atoms with Crippen molar-refractivity contribution in [1.29, 1.82) is 0 Å². The van der Waals surface area contributed by atoms with Gasteiger partial charge in [0.2, 0.25) is 5.91 Å². The summed E-state index contributed by atoms with van der Waals surface area (Å²) in [5.41, 5.74) is 2.70. The Bertz CT molecular complexity index is 650. The number of likely N-dealkylation sites (tertiary alicyclic amines) is 1. The molecular weight excluding hydrogens is 326 g/mol. The fourth-order valence-electron chi connectivity index (χ4n) is 3.43. The number of piperidine rings is 1. The van der Waals surface area contributed by atoms with Crippen LogP contribution >= 0.6 is 11.8 Å². The van der Waals surface area contributed by atoms with Crippen molar-refractivity contribution in [2.24, 2.45) is 5.92 Å². The summed E-state index contributed by atoms with van der Waals surface area (Å²) in [6.07, 6.45) is 3.38. The molecule has 1 heterocycles. The van der Waals surface area contributed by atoms with Crippen molar-refractivity contribution >= 4 is 17.7 Å². The number of rotatable bonds is 6. The maximum Gasteiger partial charge on any atom is 0.235 e. The molecule has 2 nitrogen and oxygen atoms in total. The molecule has 132 valence electrons. The normalized spacial score (nSPS) is 16.6. The molecule has 1 aliphatic heterocycles. The van der Waals surface area contributed by atoms with E-state index in [1.165, 1.54) is 11.1 Å². The number of hydrogen-bond donors (Lipinski definition) is 0. The fourth-order valence-corrected chi connectivity index (χ4v) is 4.36. The van der Waals surface area contributed by atoms with Gasteiger partial charge in [0.1, 0.15) is 0 Å². The van der Waals surface area contributed by atoms with Gasteiger partial charge in [-0.15, -0.1) is 11.8 Å². The standard InChI is InChI=1S/C22H27NOS/c1-18(25-17-21-10-6-3-7-11-21)22(24)23-14-12-20(13-15-23)16-19-8-4-2-5-9-19/h2-11,18,20H,12-17H2,1H3/t18-/m0/s1. The lowest BCUT2D eigenvalue weighted by Gasteiger charge is -2.33. The molecule has 0 bridgehead atoms. The predicted molar refractivity (Wildman–Crippen MR) is 107 cm³/mol. The molecule has 0 radical (unpaired) electrons. The zero-order chi connectivity index (χ0) is 17.5. The van der Waals surface area contributed by atoms with Crippen LogP contribution in [-0.2, 0) is 17.0 Å². The third kappa shape index (κ3) is 5.37. The molecule has 1 saturated heterocycles. The van der Waals surface area contributed by atoms with E-state index >= 15 is 0 Å². The highest BCUT2D eigenvalue weighted by atomic mass is 32.2. The molecule has 0 N–H and O–H groups in total. The van der Waals surface area contributed by atoms with Gasteiger partial charge in [0, 0.05) is 18.8 Å². The van der Waals surface area contributed by atoms with Crippen LogP contribution in [-0.4, -0.2) is 29.1 Å². The summed E-state index contributed by atoms with van der Waals surface area (Å²) in [6.45, 7) is 3.87. The van der Waals surface area contributed by atoms with Gasteiger partial charge in [-0.3, -0.25) is 4.79 Å². The summed E-state index contributed by atoms with van der Waals surface area (Å²) in [5, 5.41) is 0.0332. The highest BCUT2D eigenvalue weighted by Gasteiger charge is 2.26. The molecule has 0 aromatic heterocycles. The first-order chi connectivity index (χ1) is 12.2. The molecule has 0 unspecified atom stereocenters. The minimum atomic E-state index is 0.0332. The van der Waals surface area contributed by atoms with Crippen molar-refractivity contribution in [1.82, 2.24) is 4.90 Å². The summed E-state index contributed by atoms with van der Waals surface area (Å²) in [5.74, 6) is 1.91. The van der Waals surface area contributed by atoms with Crippen LogP contribution in [0.2, 0.25) is 0 Å². The molecule has 2 aromatic carbocycles. The zero-order valence-corrected chi connectivity index (χ0v) is 15.8. The second-order valence-electron chi connectivity index (χ2n) is 6.90. The molecule has 3 heteroatoms. The van der Waals surface area contributed by atoms with E-state index in [9.17, 15) is 4.79 Å². The van der Waals surface area contributed by atoms with E-state index in [1.807, 2.05) is 13.0 Å². The summed E-state index contributed by atoms with van der Waals surface area (Å²) in [7, 11) is 0. The number of carbonyl (C=O) groups is 1. The maximum absolute atomic E-state index is 12.7. The Kier molecular flexibility index (Phi) is 6.57. The van der Waals surface area contributed by atoms with Crippen LogP contribution in [0.25, 0.3) is 0 Å². The molecule has 0 saturated carbocycles. The number of benzene rings is 2. The van der Waals surface area contributed by atoms with E-state index in [2.05, 4.69) is 59.5 Å². The van der Waals surface area contributed by atoms with Crippen LogP contribution in [0.4, 0.5) is 0 Å². The molecule has 0 spiro atoms. The van der Waals surface area contributed by atoms with E-state index in [0.29, 0.717) is 11.8 Å². The highest BCUT2D eigenvalue weighted by Crippen LogP contribution is 2.25. The van der Waals surface area contributed by atoms with Crippen molar-refractivity contribution in [2.75, 3.05) is 13.1 Å². The average molecular weight is 354 g/mol. The quantitative estimate of drug-likeness (QED) is 0.744. The molecule has 25 heavy (non-hydrogen) atoms. The minimum absolute atomic E-state index is 0.0332. The molecule has 2 aromatic rings. The second-order valence-corrected chi connectivity index (χ2v) is 8.23. The van der Waals surface area contributed by atoms with Crippen LogP contribution in [0, 0.1) is 5.92 Å². The maximum atomic E-state index is 12.7. The van der Waals surface area contributed by atoms with Crippen molar-refractivity contribution in [3.05, 3.63) is 71.8 Å². The van der Waals surface area contributed by atoms with Crippen LogP contribution in [0.3, 0.4) is 0 Å². The van der Waals surface area contributed by atoms with Crippen molar-refractivity contribution < 1.29 is 4.79 Å². The molecule has 1 aliphatic rings. The summed E-state index contributed by atoms with van der Waals surface area (Å²) in [4.78, 5) is 14.8. The lowest BCUT2D eigenvalue weighted by Crippen LogP contribution is -2.42. The van der Waals surface area contributed by atoms with Crippen molar-refractivity contribution in [3.8, 4) is 0 Å². The predicted octanol–water partition coefficient (Wildman–Crippen LogP) is 4.79. The van der Waals surface area contributed by atoms with Gasteiger partial charge in [-0.05, 0) is 43.2 Å². The van der Waals surface area contributed by atoms with Gasteiger partial charge in [0.05, 0.1) is 5.25 Å². The number of nitrogens with zero attached hydrogens (tertiary/aromatic N) is 1. The van der Waals surface area contributed by atoms with Crippen LogP contribution in [0.1, 0.15) is 30.9 Å². The van der Waals surface area contributed by atoms with Gasteiger partial charge in [-0.25, -0.2) is 0 Å². The van der Waals surface area contributed by atoms with Crippen molar-refractivity contribution in [2.45, 2.75) is 37.2 Å². The number of carbonyl (C=O) groups excluding carboxylic acids is 1. The molecule has 1 fully saturated rings. The average Bonchev–Trinajstić information content (AvgIpc) is 2.68. The Morgan fingerprint density at radius 3 is 2.16 bits per heavy atom. The Morgan fingerprint density at radius 2 is 1.56 bits per heavy atom. The molecular formula is C22H27NOS. The first-order valence-corrected chi connectivity index (χ1v) is 10.3. The topological polar surface area (TPSA) is 20.3 Å². The van der Waals surface area contributed by atoms with Crippen LogP contribution in [0.5, 0.6) is 0 Å². The number of thioether (sulfide) groups is 1. The molecule has 3 rings (SSSR count). The Hall–Kier alpha value is -1.74. The van der Waals surface area contributed by atoms with Gasteiger partial charge >= 0.3 is 0 Å². The zero-order valence-electron chi connectivity index (χ0n) is 14.9. The summed E-state index contributed by atoms with van der Waals surface area (Å²) in [6, 6.07) is 21.1. The van der Waals surface area contributed by atoms with E-state index in [1.54, 1.807) is 11.8 Å². The van der Waals surface area contributed by atoms with Gasteiger partial charge in [0.25, 0.3) is 0 Å². The third-order valence-corrected chi connectivity index (χ3v) is 6.19. The molecule has 1 atom stereocenters. The minimum Gasteiger partial charge on any atom is -0.342 e. The lowest BCUT2D eigenvalue weighted by atomic mass is 9.90. The molecule has 1 amide bonds. The van der Waals surface area contributed by atoms with E-state index in [4.69, 9.17) is 0 Å². The smallest absolute Gasteiger partial charge is 0.235 e. The number of hydrogen-bond acceptors (Lipinski definition) is 2. The van der Waals surface area contributed by atoms with Gasteiger partial charge in [0.15, 0.2) is 0 Å². The van der Waals surface area contributed by atoms with Gasteiger partial charge in [-0.1, -0.05) is 60.7 Å². The monoisotopic (exact) mass is 353 g/mol. The Morgan fingerprint density at radius 1 is 1.00 bits per heavy atom. The number of amides is 1. The Balaban J connectivity index is 1.43. The first-order valence-electron chi connectivity index (χ1n) is 9.20. The summed E-state index contributed by atoms with van der Waals surface area (Å²) < 4.78 is 0. The van der Waals surface area contributed by atoms with Crippen molar-refractivity contribution in [3.63, 3.8) is 0 Å². The third-order valence-electron chi connectivity index (χ3n) is 4.98. The first kappa shape index (κ1) is 18.1. The van der Waals surface area contributed by atoms with Gasteiger partial charge < -0.3 is 4.90 Å². The largest absolute Gasteiger partial charge is 0.342 e. The Labute approximate surface area is 155 Å². The SMILES string of the molecule is C[C@H](SCc1ccccc1)C(=O)N1CCC(Cc2ccccc2)CC1. The molecule has 0 aliphatic carbocycles. The summed E-state index contributed by atoms with van der Waals surface area (Å²) >= 11 is 1.74. The van der Waals surface area contributed by atoms with E-state index < -0.39 is 0 Å². The second kappa shape index (κ2) is 9.10. The lowest BCUT2D eigenvalue weighted by molar-refractivity contribution is -0.131. The van der Waals surface area contributed by atoms with Crippen LogP contribution in [0.15, 0.2) is 60.7 Å². The highest BCUT2D eigenvalue weighted by molar-refractivity contribution is 7.99. The van der Waals surface area contributed by atoms with Crippen LogP contribution < -0.4 is 0 Å². The fraction of sp³-hybridized carbons (Fsp3) is 0.409.